The number of carboxylic acid groups (broad SMARTS) is 1. The van der Waals surface area contributed by atoms with Crippen LogP contribution in [0.2, 0.25) is 0 Å². The largest absolute Gasteiger partial charge is 0.477 e. The number of likely N-dealkylation sites (tertiary alicyclic amines) is 1. The van der Waals surface area contributed by atoms with Crippen molar-refractivity contribution in [2.75, 3.05) is 6.54 Å². The fourth-order valence-corrected chi connectivity index (χ4v) is 2.43. The SMILES string of the molecule is CC1CC(C)N(C(=O)c2ccnc(C(=O)O)c2)C1. The molecule has 0 bridgehead atoms. The van der Waals surface area contributed by atoms with Crippen molar-refractivity contribution in [1.29, 1.82) is 0 Å². The Labute approximate surface area is 105 Å². The van der Waals surface area contributed by atoms with Crippen molar-refractivity contribution in [1.82, 2.24) is 9.88 Å². The minimum Gasteiger partial charge on any atom is -0.477 e. The van der Waals surface area contributed by atoms with Gasteiger partial charge in [0.2, 0.25) is 0 Å². The molecule has 2 unspecified atom stereocenters. The summed E-state index contributed by atoms with van der Waals surface area (Å²) in [6, 6.07) is 3.10. The van der Waals surface area contributed by atoms with E-state index >= 15 is 0 Å². The number of rotatable bonds is 2. The van der Waals surface area contributed by atoms with E-state index in [4.69, 9.17) is 5.11 Å². The highest BCUT2D eigenvalue weighted by Crippen LogP contribution is 2.24. The van der Waals surface area contributed by atoms with Gasteiger partial charge in [0.05, 0.1) is 0 Å². The van der Waals surface area contributed by atoms with Crippen molar-refractivity contribution in [3.8, 4) is 0 Å². The Kier molecular flexibility index (Phi) is 3.32. The topological polar surface area (TPSA) is 70.5 Å². The van der Waals surface area contributed by atoms with Crippen molar-refractivity contribution in [3.63, 3.8) is 0 Å². The number of amides is 1. The van der Waals surface area contributed by atoms with E-state index in [0.717, 1.165) is 13.0 Å². The second-order valence-corrected chi connectivity index (χ2v) is 4.88. The maximum Gasteiger partial charge on any atom is 0.354 e. The monoisotopic (exact) mass is 248 g/mol. The number of carbonyl (C=O) groups is 2. The molecule has 1 aromatic rings. The zero-order valence-electron chi connectivity index (χ0n) is 10.5. The highest BCUT2D eigenvalue weighted by Gasteiger charge is 2.30. The number of hydrogen-bond donors (Lipinski definition) is 1. The smallest absolute Gasteiger partial charge is 0.354 e. The molecular formula is C13H16N2O3. The highest BCUT2D eigenvalue weighted by atomic mass is 16.4. The van der Waals surface area contributed by atoms with Crippen LogP contribution < -0.4 is 0 Å². The molecule has 5 nitrogen and oxygen atoms in total. The van der Waals surface area contributed by atoms with Gasteiger partial charge in [0.25, 0.3) is 5.91 Å². The minimum atomic E-state index is -1.12. The van der Waals surface area contributed by atoms with Crippen LogP contribution in [0.25, 0.3) is 0 Å². The molecule has 2 heterocycles. The number of carbonyl (C=O) groups excluding carboxylic acids is 1. The Morgan fingerprint density at radius 3 is 2.72 bits per heavy atom. The molecule has 1 amide bonds. The summed E-state index contributed by atoms with van der Waals surface area (Å²) in [5.41, 5.74) is 0.295. The Bertz CT molecular complexity index is 487. The van der Waals surface area contributed by atoms with Crippen LogP contribution in [0, 0.1) is 5.92 Å². The van der Waals surface area contributed by atoms with E-state index in [0.29, 0.717) is 11.5 Å². The normalized spacial score (nSPS) is 23.1. The second kappa shape index (κ2) is 4.76. The molecule has 5 heteroatoms. The number of hydrogen-bond acceptors (Lipinski definition) is 3. The van der Waals surface area contributed by atoms with E-state index in [1.165, 1.54) is 12.3 Å². The molecule has 1 aliphatic rings. The maximum absolute atomic E-state index is 12.3. The fourth-order valence-electron chi connectivity index (χ4n) is 2.43. The van der Waals surface area contributed by atoms with Gasteiger partial charge in [-0.3, -0.25) is 4.79 Å². The summed E-state index contributed by atoms with van der Waals surface area (Å²) in [4.78, 5) is 28.6. The molecule has 96 valence electrons. The summed E-state index contributed by atoms with van der Waals surface area (Å²) in [5, 5.41) is 8.86. The Morgan fingerprint density at radius 1 is 1.44 bits per heavy atom. The van der Waals surface area contributed by atoms with Crippen molar-refractivity contribution in [2.45, 2.75) is 26.3 Å². The van der Waals surface area contributed by atoms with Gasteiger partial charge in [0.15, 0.2) is 0 Å². The molecule has 18 heavy (non-hydrogen) atoms. The van der Waals surface area contributed by atoms with Gasteiger partial charge in [0, 0.05) is 24.3 Å². The van der Waals surface area contributed by atoms with Crippen molar-refractivity contribution in [2.24, 2.45) is 5.92 Å². The third kappa shape index (κ3) is 2.34. The summed E-state index contributed by atoms with van der Waals surface area (Å²) < 4.78 is 0. The maximum atomic E-state index is 12.3. The van der Waals surface area contributed by atoms with Crippen LogP contribution in [-0.4, -0.2) is 39.5 Å². The molecule has 1 fully saturated rings. The predicted octanol–water partition coefficient (Wildman–Crippen LogP) is 1.65. The van der Waals surface area contributed by atoms with E-state index < -0.39 is 5.97 Å². The average Bonchev–Trinajstić information content (AvgIpc) is 2.67. The summed E-state index contributed by atoms with van der Waals surface area (Å²) in [6.07, 6.45) is 2.35. The number of aromatic nitrogens is 1. The molecule has 1 N–H and O–H groups in total. The van der Waals surface area contributed by atoms with Gasteiger partial charge in [0.1, 0.15) is 5.69 Å². The van der Waals surface area contributed by atoms with E-state index in [2.05, 4.69) is 11.9 Å². The number of nitrogens with zero attached hydrogens (tertiary/aromatic N) is 2. The first-order valence-electron chi connectivity index (χ1n) is 5.99. The van der Waals surface area contributed by atoms with Gasteiger partial charge < -0.3 is 10.0 Å². The lowest BCUT2D eigenvalue weighted by Crippen LogP contribution is -2.34. The zero-order valence-corrected chi connectivity index (χ0v) is 10.5. The van der Waals surface area contributed by atoms with Gasteiger partial charge in [-0.25, -0.2) is 9.78 Å². The number of aromatic carboxylic acids is 1. The third-order valence-corrected chi connectivity index (χ3v) is 3.27. The second-order valence-electron chi connectivity index (χ2n) is 4.88. The Morgan fingerprint density at radius 2 is 2.17 bits per heavy atom. The first-order chi connectivity index (χ1) is 8.49. The lowest BCUT2D eigenvalue weighted by Gasteiger charge is -2.21. The average molecular weight is 248 g/mol. The molecule has 0 radical (unpaired) electrons. The van der Waals surface area contributed by atoms with Crippen LogP contribution in [0.1, 0.15) is 41.1 Å². The van der Waals surface area contributed by atoms with Crippen molar-refractivity contribution in [3.05, 3.63) is 29.6 Å². The van der Waals surface area contributed by atoms with Crippen LogP contribution in [0.5, 0.6) is 0 Å². The van der Waals surface area contributed by atoms with Crippen LogP contribution >= 0.6 is 0 Å². The third-order valence-electron chi connectivity index (χ3n) is 3.27. The Balaban J connectivity index is 2.23. The zero-order chi connectivity index (χ0) is 13.3. The van der Waals surface area contributed by atoms with E-state index in [1.54, 1.807) is 11.0 Å². The standard InChI is InChI=1S/C13H16N2O3/c1-8-5-9(2)15(7-8)12(16)10-3-4-14-11(6-10)13(17)18/h3-4,6,8-9H,5,7H2,1-2H3,(H,17,18). The summed E-state index contributed by atoms with van der Waals surface area (Å²) >= 11 is 0. The molecule has 0 spiro atoms. The van der Waals surface area contributed by atoms with Gasteiger partial charge in [-0.1, -0.05) is 6.92 Å². The predicted molar refractivity (Wildman–Crippen MR) is 65.5 cm³/mol. The molecule has 2 atom stereocenters. The molecule has 2 rings (SSSR count). The van der Waals surface area contributed by atoms with Gasteiger partial charge in [-0.05, 0) is 31.4 Å². The lowest BCUT2D eigenvalue weighted by molar-refractivity contribution is 0.0690. The first kappa shape index (κ1) is 12.5. The molecule has 0 aliphatic carbocycles. The van der Waals surface area contributed by atoms with E-state index in [9.17, 15) is 9.59 Å². The number of pyridine rings is 1. The van der Waals surface area contributed by atoms with Gasteiger partial charge in [-0.2, -0.15) is 0 Å². The molecule has 0 saturated carbocycles. The van der Waals surface area contributed by atoms with E-state index in [-0.39, 0.29) is 17.6 Å². The number of carboxylic acids is 1. The van der Waals surface area contributed by atoms with Crippen LogP contribution in [0.4, 0.5) is 0 Å². The quantitative estimate of drug-likeness (QED) is 0.863. The molecule has 0 aromatic carbocycles. The van der Waals surface area contributed by atoms with Crippen LogP contribution in [0.3, 0.4) is 0 Å². The van der Waals surface area contributed by atoms with Crippen molar-refractivity contribution >= 4 is 11.9 Å². The Hall–Kier alpha value is -1.91. The summed E-state index contributed by atoms with van der Waals surface area (Å²) in [5.74, 6) is -0.742. The molecule has 1 saturated heterocycles. The minimum absolute atomic E-state index is 0.0965. The molecular weight excluding hydrogens is 232 g/mol. The van der Waals surface area contributed by atoms with Crippen LogP contribution in [-0.2, 0) is 0 Å². The van der Waals surface area contributed by atoms with E-state index in [1.807, 2.05) is 6.92 Å². The highest BCUT2D eigenvalue weighted by molar-refractivity contribution is 5.96. The van der Waals surface area contributed by atoms with Crippen LogP contribution in [0.15, 0.2) is 18.3 Å². The van der Waals surface area contributed by atoms with Gasteiger partial charge >= 0.3 is 5.97 Å². The van der Waals surface area contributed by atoms with Gasteiger partial charge in [-0.15, -0.1) is 0 Å². The molecule has 1 aromatic heterocycles. The summed E-state index contributed by atoms with van der Waals surface area (Å²) in [6.45, 7) is 4.85. The fraction of sp³-hybridized carbons (Fsp3) is 0.462. The summed E-state index contributed by atoms with van der Waals surface area (Å²) in [7, 11) is 0. The van der Waals surface area contributed by atoms with Crippen molar-refractivity contribution < 1.29 is 14.7 Å². The first-order valence-corrected chi connectivity index (χ1v) is 5.99. The lowest BCUT2D eigenvalue weighted by atomic mass is 10.1. The molecule has 1 aliphatic heterocycles.